The quantitative estimate of drug-likeness (QED) is 0.223. The van der Waals surface area contributed by atoms with Crippen molar-refractivity contribution < 1.29 is 22.0 Å². The summed E-state index contributed by atoms with van der Waals surface area (Å²) in [6, 6.07) is 20.0. The molecule has 0 spiro atoms. The highest BCUT2D eigenvalue weighted by molar-refractivity contribution is 5.81. The lowest BCUT2D eigenvalue weighted by atomic mass is 10.1. The number of rotatable bonds is 4. The number of halogens is 4. The van der Waals surface area contributed by atoms with E-state index < -0.39 is 23.1 Å². The molecule has 0 saturated heterocycles. The number of aromatic nitrogens is 2. The van der Waals surface area contributed by atoms with Gasteiger partial charge in [-0.1, -0.05) is 36.4 Å². The van der Waals surface area contributed by atoms with Crippen molar-refractivity contribution >= 4 is 17.1 Å². The van der Waals surface area contributed by atoms with Gasteiger partial charge in [0.05, 0.1) is 22.7 Å². The number of hydrogen-bond donors (Lipinski definition) is 0. The number of para-hydroxylation sites is 1. The van der Waals surface area contributed by atoms with Crippen molar-refractivity contribution in [2.75, 3.05) is 0 Å². The van der Waals surface area contributed by atoms with E-state index in [2.05, 4.69) is 10.1 Å². The van der Waals surface area contributed by atoms with Gasteiger partial charge in [0.2, 0.25) is 0 Å². The number of benzene rings is 3. The van der Waals surface area contributed by atoms with Gasteiger partial charge in [-0.05, 0) is 48.5 Å². The Bertz CT molecular complexity index is 1630. The molecule has 0 aliphatic heterocycles. The van der Waals surface area contributed by atoms with Crippen LogP contribution in [0.25, 0.3) is 33.6 Å². The van der Waals surface area contributed by atoms with Gasteiger partial charge in [0, 0.05) is 11.1 Å². The van der Waals surface area contributed by atoms with Crippen LogP contribution in [0.15, 0.2) is 99.2 Å². The van der Waals surface area contributed by atoms with Gasteiger partial charge >= 0.3 is 6.18 Å². The lowest BCUT2D eigenvalue weighted by molar-refractivity contribution is -0.137. The van der Waals surface area contributed by atoms with E-state index in [1.54, 1.807) is 48.5 Å². The Kier molecular flexibility index (Phi) is 5.52. The molecule has 5 rings (SSSR count). The Labute approximate surface area is 195 Å². The minimum atomic E-state index is -4.57. The largest absolute Gasteiger partial charge is 0.455 e. The Morgan fingerprint density at radius 3 is 2.46 bits per heavy atom. The van der Waals surface area contributed by atoms with E-state index in [1.165, 1.54) is 30.5 Å². The van der Waals surface area contributed by atoms with E-state index in [0.29, 0.717) is 16.8 Å². The fraction of sp³-hybridized carbons (Fsp3) is 0.0385. The average molecular weight is 477 g/mol. The predicted octanol–water partition coefficient (Wildman–Crippen LogP) is 6.36. The number of furan rings is 1. The van der Waals surface area contributed by atoms with Gasteiger partial charge in [-0.15, -0.1) is 0 Å². The van der Waals surface area contributed by atoms with Crippen LogP contribution in [0, 0.1) is 5.82 Å². The predicted molar refractivity (Wildman–Crippen MR) is 124 cm³/mol. The summed E-state index contributed by atoms with van der Waals surface area (Å²) in [7, 11) is 0. The second kappa shape index (κ2) is 8.68. The minimum Gasteiger partial charge on any atom is -0.455 e. The van der Waals surface area contributed by atoms with E-state index in [0.717, 1.165) is 16.8 Å². The van der Waals surface area contributed by atoms with Gasteiger partial charge in [-0.25, -0.2) is 9.37 Å². The molecule has 0 amide bonds. The summed E-state index contributed by atoms with van der Waals surface area (Å²) in [5.41, 5.74) is -0.531. The highest BCUT2D eigenvalue weighted by atomic mass is 19.4. The molecular weight excluding hydrogens is 462 g/mol. The van der Waals surface area contributed by atoms with E-state index in [1.807, 2.05) is 0 Å². The van der Waals surface area contributed by atoms with Crippen molar-refractivity contribution in [3.63, 3.8) is 0 Å². The van der Waals surface area contributed by atoms with Crippen molar-refractivity contribution in [1.29, 1.82) is 0 Å². The maximum Gasteiger partial charge on any atom is 0.416 e. The van der Waals surface area contributed by atoms with E-state index >= 15 is 0 Å². The topological polar surface area (TPSA) is 60.4 Å². The van der Waals surface area contributed by atoms with Gasteiger partial charge < -0.3 is 4.42 Å². The number of alkyl halides is 3. The van der Waals surface area contributed by atoms with Gasteiger partial charge in [-0.2, -0.15) is 22.9 Å². The van der Waals surface area contributed by atoms with Crippen LogP contribution in [0.2, 0.25) is 0 Å². The van der Waals surface area contributed by atoms with Crippen LogP contribution in [0.4, 0.5) is 17.6 Å². The van der Waals surface area contributed by atoms with Crippen molar-refractivity contribution in [1.82, 2.24) is 9.66 Å². The van der Waals surface area contributed by atoms with E-state index in [9.17, 15) is 22.4 Å². The Morgan fingerprint density at radius 1 is 0.886 bits per heavy atom. The SMILES string of the molecule is O=c1c2ccccc2nc(-c2cccc(C(F)(F)F)c2)n1N=Cc1ccc(-c2cccc(F)c2)o1. The summed E-state index contributed by atoms with van der Waals surface area (Å²) in [6.45, 7) is 0. The molecule has 3 aromatic carbocycles. The average Bonchev–Trinajstić information content (AvgIpc) is 3.32. The highest BCUT2D eigenvalue weighted by Gasteiger charge is 2.31. The normalized spacial score (nSPS) is 12.0. The molecule has 0 unspecified atom stereocenters. The van der Waals surface area contributed by atoms with Crippen molar-refractivity contribution in [3.05, 3.63) is 112 Å². The van der Waals surface area contributed by atoms with Crippen molar-refractivity contribution in [2.24, 2.45) is 5.10 Å². The summed E-state index contributed by atoms with van der Waals surface area (Å²) < 4.78 is 60.0. The lowest BCUT2D eigenvalue weighted by Gasteiger charge is -2.11. The smallest absolute Gasteiger partial charge is 0.416 e. The first-order chi connectivity index (χ1) is 16.8. The number of fused-ring (bicyclic) bond motifs is 1. The van der Waals surface area contributed by atoms with Gasteiger partial charge in [0.15, 0.2) is 5.82 Å². The van der Waals surface area contributed by atoms with E-state index in [-0.39, 0.29) is 22.5 Å². The first-order valence-electron chi connectivity index (χ1n) is 10.4. The molecule has 0 radical (unpaired) electrons. The first kappa shape index (κ1) is 22.3. The molecule has 9 heteroatoms. The molecule has 0 aliphatic carbocycles. The first-order valence-corrected chi connectivity index (χ1v) is 10.4. The van der Waals surface area contributed by atoms with Crippen molar-refractivity contribution in [2.45, 2.75) is 6.18 Å². The van der Waals surface area contributed by atoms with Crippen LogP contribution in [-0.4, -0.2) is 15.9 Å². The second-order valence-corrected chi connectivity index (χ2v) is 7.61. The molecule has 2 heterocycles. The Hall–Kier alpha value is -4.53. The van der Waals surface area contributed by atoms with Gasteiger partial charge in [0.25, 0.3) is 5.56 Å². The Balaban J connectivity index is 1.62. The molecule has 5 aromatic rings. The summed E-state index contributed by atoms with van der Waals surface area (Å²) in [6.07, 6.45) is -3.32. The van der Waals surface area contributed by atoms with Crippen LogP contribution in [0.1, 0.15) is 11.3 Å². The highest BCUT2D eigenvalue weighted by Crippen LogP contribution is 2.32. The molecule has 35 heavy (non-hydrogen) atoms. The molecular formula is C26H15F4N3O2. The molecule has 0 bridgehead atoms. The zero-order valence-corrected chi connectivity index (χ0v) is 17.8. The summed E-state index contributed by atoms with van der Waals surface area (Å²) in [4.78, 5) is 17.6. The molecule has 5 nitrogen and oxygen atoms in total. The fourth-order valence-corrected chi connectivity index (χ4v) is 3.59. The monoisotopic (exact) mass is 477 g/mol. The molecule has 174 valence electrons. The Morgan fingerprint density at radius 2 is 1.66 bits per heavy atom. The van der Waals surface area contributed by atoms with Crippen LogP contribution in [0.5, 0.6) is 0 Å². The third-order valence-electron chi connectivity index (χ3n) is 5.24. The standard InChI is InChI=1S/C26H15F4N3O2/c27-19-8-4-5-16(14-19)23-12-11-20(35-23)15-31-33-24(17-6-3-7-18(13-17)26(28,29)30)32-22-10-2-1-9-21(22)25(33)34/h1-15H. The van der Waals surface area contributed by atoms with Crippen LogP contribution >= 0.6 is 0 Å². The fourth-order valence-electron chi connectivity index (χ4n) is 3.59. The molecule has 0 atom stereocenters. The maximum absolute atomic E-state index is 13.5. The van der Waals surface area contributed by atoms with Crippen LogP contribution in [-0.2, 0) is 6.18 Å². The summed E-state index contributed by atoms with van der Waals surface area (Å²) >= 11 is 0. The summed E-state index contributed by atoms with van der Waals surface area (Å²) in [5, 5.41) is 4.44. The van der Waals surface area contributed by atoms with Gasteiger partial charge in [-0.3, -0.25) is 4.79 Å². The third kappa shape index (κ3) is 4.48. The molecule has 0 fully saturated rings. The number of nitrogens with zero attached hydrogens (tertiary/aromatic N) is 3. The zero-order chi connectivity index (χ0) is 24.6. The molecule has 2 aromatic heterocycles. The van der Waals surface area contributed by atoms with Crippen molar-refractivity contribution in [3.8, 4) is 22.7 Å². The zero-order valence-electron chi connectivity index (χ0n) is 17.8. The van der Waals surface area contributed by atoms with Gasteiger partial charge in [0.1, 0.15) is 17.3 Å². The third-order valence-corrected chi connectivity index (χ3v) is 5.24. The molecule has 0 saturated carbocycles. The molecule has 0 N–H and O–H groups in total. The van der Waals surface area contributed by atoms with Crippen LogP contribution < -0.4 is 5.56 Å². The van der Waals surface area contributed by atoms with Crippen LogP contribution in [0.3, 0.4) is 0 Å². The van der Waals surface area contributed by atoms with E-state index in [4.69, 9.17) is 4.42 Å². The number of hydrogen-bond acceptors (Lipinski definition) is 4. The minimum absolute atomic E-state index is 0.0621. The maximum atomic E-state index is 13.5. The molecule has 0 aliphatic rings. The lowest BCUT2D eigenvalue weighted by Crippen LogP contribution is -2.20. The second-order valence-electron chi connectivity index (χ2n) is 7.61. The summed E-state index contributed by atoms with van der Waals surface area (Å²) in [5.74, 6) is 0.147.